The van der Waals surface area contributed by atoms with Crippen LogP contribution in [0.25, 0.3) is 0 Å². The average Bonchev–Trinajstić information content (AvgIpc) is 2.75. The van der Waals surface area contributed by atoms with Crippen molar-refractivity contribution in [2.24, 2.45) is 7.05 Å². The van der Waals surface area contributed by atoms with Crippen molar-refractivity contribution in [3.8, 4) is 0 Å². The van der Waals surface area contributed by atoms with Gasteiger partial charge in [0.25, 0.3) is 0 Å². The molecule has 2 rings (SSSR count). The van der Waals surface area contributed by atoms with E-state index in [1.54, 1.807) is 11.0 Å². The second-order valence-electron chi connectivity index (χ2n) is 4.01. The van der Waals surface area contributed by atoms with Gasteiger partial charge in [-0.15, -0.1) is 0 Å². The standard InChI is InChI=1S/C12H14BrClN4/c1-18-8-16-12(17-18)4-5-15-7-9-2-3-11(14)10(13)6-9/h2-3,6,8,15H,4-5,7H2,1H3. The van der Waals surface area contributed by atoms with Crippen molar-refractivity contribution >= 4 is 27.5 Å². The van der Waals surface area contributed by atoms with Crippen LogP contribution in [0.2, 0.25) is 5.02 Å². The maximum Gasteiger partial charge on any atom is 0.151 e. The third-order valence-electron chi connectivity index (χ3n) is 2.49. The Hall–Kier alpha value is -0.910. The molecule has 0 fully saturated rings. The van der Waals surface area contributed by atoms with E-state index in [-0.39, 0.29) is 0 Å². The van der Waals surface area contributed by atoms with Crippen LogP contribution in [-0.2, 0) is 20.0 Å². The Morgan fingerprint density at radius 1 is 1.44 bits per heavy atom. The maximum atomic E-state index is 5.94. The summed E-state index contributed by atoms with van der Waals surface area (Å²) in [6.07, 6.45) is 2.54. The number of hydrogen-bond donors (Lipinski definition) is 1. The molecule has 1 heterocycles. The summed E-state index contributed by atoms with van der Waals surface area (Å²) < 4.78 is 2.64. The Bertz CT molecular complexity index is 527. The van der Waals surface area contributed by atoms with Crippen LogP contribution in [0.1, 0.15) is 11.4 Å². The number of halogens is 2. The van der Waals surface area contributed by atoms with Crippen LogP contribution >= 0.6 is 27.5 Å². The Labute approximate surface area is 119 Å². The predicted molar refractivity (Wildman–Crippen MR) is 75.6 cm³/mol. The predicted octanol–water partition coefficient (Wildman–Crippen LogP) is 2.56. The third kappa shape index (κ3) is 3.80. The maximum absolute atomic E-state index is 5.94. The van der Waals surface area contributed by atoms with E-state index in [0.717, 1.165) is 34.8 Å². The number of nitrogens with zero attached hydrogens (tertiary/aromatic N) is 3. The number of nitrogens with one attached hydrogen (secondary N) is 1. The molecule has 0 spiro atoms. The highest BCUT2D eigenvalue weighted by molar-refractivity contribution is 9.10. The molecule has 0 saturated carbocycles. The SMILES string of the molecule is Cn1cnc(CCNCc2ccc(Cl)c(Br)c2)n1. The van der Waals surface area contributed by atoms with Gasteiger partial charge in [-0.2, -0.15) is 5.10 Å². The van der Waals surface area contributed by atoms with Crippen LogP contribution < -0.4 is 5.32 Å². The summed E-state index contributed by atoms with van der Waals surface area (Å²) in [6, 6.07) is 5.93. The van der Waals surface area contributed by atoms with Gasteiger partial charge in [0, 0.05) is 31.0 Å². The molecule has 6 heteroatoms. The Morgan fingerprint density at radius 2 is 2.28 bits per heavy atom. The van der Waals surface area contributed by atoms with Crippen molar-refractivity contribution in [2.45, 2.75) is 13.0 Å². The summed E-state index contributed by atoms with van der Waals surface area (Å²) in [7, 11) is 1.87. The van der Waals surface area contributed by atoms with E-state index >= 15 is 0 Å². The first-order chi connectivity index (χ1) is 8.65. The first-order valence-corrected chi connectivity index (χ1v) is 6.81. The van der Waals surface area contributed by atoms with Crippen molar-refractivity contribution in [1.29, 1.82) is 0 Å². The lowest BCUT2D eigenvalue weighted by Gasteiger charge is -2.05. The Kier molecular flexibility index (Phi) is 4.74. The molecule has 1 aromatic carbocycles. The summed E-state index contributed by atoms with van der Waals surface area (Å²) in [4.78, 5) is 4.17. The van der Waals surface area contributed by atoms with Crippen LogP contribution in [0.4, 0.5) is 0 Å². The Balaban J connectivity index is 1.76. The summed E-state index contributed by atoms with van der Waals surface area (Å²) in [5.74, 6) is 0.863. The highest BCUT2D eigenvalue weighted by Crippen LogP contribution is 2.22. The number of aryl methyl sites for hydroxylation is 1. The number of benzene rings is 1. The molecule has 1 N–H and O–H groups in total. The molecule has 0 bridgehead atoms. The highest BCUT2D eigenvalue weighted by Gasteiger charge is 2.00. The summed E-state index contributed by atoms with van der Waals surface area (Å²) >= 11 is 9.35. The molecule has 0 radical (unpaired) electrons. The van der Waals surface area contributed by atoms with Gasteiger partial charge in [-0.1, -0.05) is 17.7 Å². The lowest BCUT2D eigenvalue weighted by Crippen LogP contribution is -2.17. The fourth-order valence-corrected chi connectivity index (χ4v) is 2.12. The molecule has 0 amide bonds. The molecule has 4 nitrogen and oxygen atoms in total. The van der Waals surface area contributed by atoms with E-state index in [2.05, 4.69) is 31.3 Å². The smallest absolute Gasteiger partial charge is 0.151 e. The number of rotatable bonds is 5. The minimum atomic E-state index is 0.733. The summed E-state index contributed by atoms with van der Waals surface area (Å²) in [5.41, 5.74) is 1.19. The quantitative estimate of drug-likeness (QED) is 0.857. The van der Waals surface area contributed by atoms with Crippen LogP contribution in [0, 0.1) is 0 Å². The average molecular weight is 330 g/mol. The zero-order chi connectivity index (χ0) is 13.0. The molecule has 0 saturated heterocycles. The first-order valence-electron chi connectivity index (χ1n) is 5.64. The van der Waals surface area contributed by atoms with E-state index in [1.165, 1.54) is 5.56 Å². The molecule has 0 unspecified atom stereocenters. The Morgan fingerprint density at radius 3 is 2.94 bits per heavy atom. The fourth-order valence-electron chi connectivity index (χ4n) is 1.58. The number of aromatic nitrogens is 3. The van der Waals surface area contributed by atoms with Crippen molar-refractivity contribution in [1.82, 2.24) is 20.1 Å². The van der Waals surface area contributed by atoms with E-state index in [9.17, 15) is 0 Å². The van der Waals surface area contributed by atoms with Gasteiger partial charge >= 0.3 is 0 Å². The van der Waals surface area contributed by atoms with Gasteiger partial charge < -0.3 is 5.32 Å². The normalized spacial score (nSPS) is 10.8. The van der Waals surface area contributed by atoms with Crippen molar-refractivity contribution in [2.75, 3.05) is 6.54 Å². The molecule has 0 aliphatic carbocycles. The molecular formula is C12H14BrClN4. The zero-order valence-electron chi connectivity index (χ0n) is 10.0. The fraction of sp³-hybridized carbons (Fsp3) is 0.333. The van der Waals surface area contributed by atoms with Crippen LogP contribution in [0.15, 0.2) is 29.0 Å². The molecular weight excluding hydrogens is 316 g/mol. The van der Waals surface area contributed by atoms with Gasteiger partial charge in [0.05, 0.1) is 5.02 Å². The van der Waals surface area contributed by atoms with Gasteiger partial charge in [-0.3, -0.25) is 4.68 Å². The molecule has 0 aliphatic heterocycles. The first kappa shape index (κ1) is 13.5. The van der Waals surface area contributed by atoms with E-state index < -0.39 is 0 Å². The van der Waals surface area contributed by atoms with Gasteiger partial charge in [-0.05, 0) is 33.6 Å². The highest BCUT2D eigenvalue weighted by atomic mass is 79.9. The largest absolute Gasteiger partial charge is 0.312 e. The second kappa shape index (κ2) is 6.31. The lowest BCUT2D eigenvalue weighted by atomic mass is 10.2. The molecule has 1 aromatic heterocycles. The minimum absolute atomic E-state index is 0.733. The summed E-state index contributed by atoms with van der Waals surface area (Å²) in [6.45, 7) is 1.66. The van der Waals surface area contributed by atoms with Crippen molar-refractivity contribution in [3.63, 3.8) is 0 Å². The van der Waals surface area contributed by atoms with E-state index in [1.807, 2.05) is 25.2 Å². The molecule has 2 aromatic rings. The second-order valence-corrected chi connectivity index (χ2v) is 5.27. The van der Waals surface area contributed by atoms with E-state index in [0.29, 0.717) is 0 Å². The van der Waals surface area contributed by atoms with Crippen molar-refractivity contribution < 1.29 is 0 Å². The van der Waals surface area contributed by atoms with Gasteiger partial charge in [0.15, 0.2) is 5.82 Å². The van der Waals surface area contributed by atoms with E-state index in [4.69, 9.17) is 11.6 Å². The molecule has 0 atom stereocenters. The van der Waals surface area contributed by atoms with Gasteiger partial charge in [0.1, 0.15) is 6.33 Å². The monoisotopic (exact) mass is 328 g/mol. The van der Waals surface area contributed by atoms with Crippen molar-refractivity contribution in [3.05, 3.63) is 45.4 Å². The van der Waals surface area contributed by atoms with Gasteiger partial charge in [0.2, 0.25) is 0 Å². The third-order valence-corrected chi connectivity index (χ3v) is 3.70. The minimum Gasteiger partial charge on any atom is -0.312 e. The topological polar surface area (TPSA) is 42.7 Å². The molecule has 96 valence electrons. The zero-order valence-corrected chi connectivity index (χ0v) is 12.4. The van der Waals surface area contributed by atoms with Gasteiger partial charge in [-0.25, -0.2) is 4.98 Å². The summed E-state index contributed by atoms with van der Waals surface area (Å²) in [5, 5.41) is 8.31. The van der Waals surface area contributed by atoms with Crippen LogP contribution in [-0.4, -0.2) is 21.3 Å². The lowest BCUT2D eigenvalue weighted by molar-refractivity contribution is 0.661. The van der Waals surface area contributed by atoms with Crippen LogP contribution in [0.3, 0.4) is 0 Å². The molecule has 0 aliphatic rings. The van der Waals surface area contributed by atoms with Crippen LogP contribution in [0.5, 0.6) is 0 Å². The molecule has 18 heavy (non-hydrogen) atoms. The number of hydrogen-bond acceptors (Lipinski definition) is 3.